The summed E-state index contributed by atoms with van der Waals surface area (Å²) < 4.78 is -0.826. The van der Waals surface area contributed by atoms with Gasteiger partial charge in [-0.2, -0.15) is 5.26 Å². The van der Waals surface area contributed by atoms with E-state index in [1.807, 2.05) is 6.07 Å². The van der Waals surface area contributed by atoms with Crippen molar-refractivity contribution in [1.29, 1.82) is 5.26 Å². The number of nitrogens with zero attached hydrogens (tertiary/aromatic N) is 1. The van der Waals surface area contributed by atoms with Gasteiger partial charge in [-0.15, -0.1) is 0 Å². The highest BCUT2D eigenvalue weighted by Crippen LogP contribution is 2.23. The maximum Gasteiger partial charge on any atom is 0.147 e. The van der Waals surface area contributed by atoms with Crippen molar-refractivity contribution < 1.29 is 5.11 Å². The van der Waals surface area contributed by atoms with Crippen LogP contribution in [0.3, 0.4) is 0 Å². The summed E-state index contributed by atoms with van der Waals surface area (Å²) in [5.41, 5.74) is 0. The first kappa shape index (κ1) is 9.41. The maximum absolute atomic E-state index is 8.97. The third-order valence-electron chi connectivity index (χ3n) is 1.04. The molecule has 0 aromatic rings. The first-order valence-electron chi connectivity index (χ1n) is 2.41. The molecule has 0 heterocycles. The summed E-state index contributed by atoms with van der Waals surface area (Å²) in [5, 5.41) is 17.9. The number of aliphatic hydroxyl groups excluding tert-OH is 1. The van der Waals surface area contributed by atoms with Gasteiger partial charge >= 0.3 is 0 Å². The van der Waals surface area contributed by atoms with Gasteiger partial charge in [-0.25, -0.2) is 0 Å². The van der Waals surface area contributed by atoms with Crippen LogP contribution in [0.15, 0.2) is 0 Å². The summed E-state index contributed by atoms with van der Waals surface area (Å²) in [6.45, 7) is 1.57. The molecule has 0 bridgehead atoms. The Morgan fingerprint density at radius 3 is 2.33 bits per heavy atom. The summed E-state index contributed by atoms with van der Waals surface area (Å²) in [5.74, 6) is 0. The van der Waals surface area contributed by atoms with Crippen LogP contribution in [0, 0.1) is 11.3 Å². The highest BCUT2D eigenvalue weighted by Gasteiger charge is 2.30. The van der Waals surface area contributed by atoms with E-state index in [2.05, 4.69) is 31.9 Å². The molecule has 0 saturated heterocycles. The third kappa shape index (κ3) is 2.24. The molecule has 0 aliphatic heterocycles. The molecule has 0 aromatic heterocycles. The van der Waals surface area contributed by atoms with Crippen LogP contribution in [-0.2, 0) is 0 Å². The summed E-state index contributed by atoms with van der Waals surface area (Å²) >= 11 is 6.19. The Hall–Kier alpha value is 0.410. The molecule has 0 aliphatic rings. The average molecular weight is 257 g/mol. The number of aliphatic hydroxyl groups is 1. The van der Waals surface area contributed by atoms with Crippen LogP contribution in [0.5, 0.6) is 0 Å². The SMILES string of the molecule is CC(O)C(Br)(C#N)CBr. The zero-order valence-corrected chi connectivity index (χ0v) is 8.11. The van der Waals surface area contributed by atoms with E-state index >= 15 is 0 Å². The van der Waals surface area contributed by atoms with Crippen LogP contribution in [0.4, 0.5) is 0 Å². The van der Waals surface area contributed by atoms with Gasteiger partial charge in [-0.1, -0.05) is 31.9 Å². The quantitative estimate of drug-likeness (QED) is 0.760. The fourth-order valence-electron chi connectivity index (χ4n) is 0.235. The van der Waals surface area contributed by atoms with E-state index < -0.39 is 10.4 Å². The largest absolute Gasteiger partial charge is 0.391 e. The molecule has 0 saturated carbocycles. The van der Waals surface area contributed by atoms with Crippen molar-refractivity contribution in [2.75, 3.05) is 5.33 Å². The predicted octanol–water partition coefficient (Wildman–Crippen LogP) is 1.42. The standard InChI is InChI=1S/C5H7Br2NO/c1-4(9)5(7,2-6)3-8/h4,9H,2H2,1H3. The van der Waals surface area contributed by atoms with E-state index in [1.165, 1.54) is 0 Å². The topological polar surface area (TPSA) is 44.0 Å². The maximum atomic E-state index is 8.97. The van der Waals surface area contributed by atoms with Gasteiger partial charge in [-0.05, 0) is 6.92 Å². The molecular formula is C5H7Br2NO. The predicted molar refractivity (Wildman–Crippen MR) is 42.7 cm³/mol. The van der Waals surface area contributed by atoms with Crippen molar-refractivity contribution in [2.45, 2.75) is 17.4 Å². The molecule has 2 unspecified atom stereocenters. The summed E-state index contributed by atoms with van der Waals surface area (Å²) in [6, 6.07) is 1.95. The lowest BCUT2D eigenvalue weighted by atomic mass is 10.1. The molecule has 0 radical (unpaired) electrons. The van der Waals surface area contributed by atoms with Crippen LogP contribution in [0.25, 0.3) is 0 Å². The Kier molecular flexibility index (Phi) is 3.71. The monoisotopic (exact) mass is 255 g/mol. The minimum atomic E-state index is -0.826. The van der Waals surface area contributed by atoms with Crippen LogP contribution >= 0.6 is 31.9 Å². The van der Waals surface area contributed by atoms with Gasteiger partial charge in [0.2, 0.25) is 0 Å². The molecule has 2 nitrogen and oxygen atoms in total. The van der Waals surface area contributed by atoms with Gasteiger partial charge in [0.25, 0.3) is 0 Å². The van der Waals surface area contributed by atoms with Crippen molar-refractivity contribution in [3.8, 4) is 6.07 Å². The molecule has 9 heavy (non-hydrogen) atoms. The Morgan fingerprint density at radius 2 is 2.33 bits per heavy atom. The van der Waals surface area contributed by atoms with Crippen molar-refractivity contribution >= 4 is 31.9 Å². The molecule has 1 N–H and O–H groups in total. The van der Waals surface area contributed by atoms with Crippen molar-refractivity contribution in [1.82, 2.24) is 0 Å². The lowest BCUT2D eigenvalue weighted by molar-refractivity contribution is 0.179. The molecule has 2 atom stereocenters. The van der Waals surface area contributed by atoms with Gasteiger partial charge < -0.3 is 5.11 Å². The van der Waals surface area contributed by atoms with E-state index in [-0.39, 0.29) is 0 Å². The molecule has 52 valence electrons. The minimum Gasteiger partial charge on any atom is -0.391 e. The second-order valence-electron chi connectivity index (χ2n) is 1.78. The zero-order valence-electron chi connectivity index (χ0n) is 4.93. The smallest absolute Gasteiger partial charge is 0.147 e. The first-order valence-corrected chi connectivity index (χ1v) is 4.32. The van der Waals surface area contributed by atoms with E-state index in [1.54, 1.807) is 6.92 Å². The second-order valence-corrected chi connectivity index (χ2v) is 3.76. The number of rotatable bonds is 2. The van der Waals surface area contributed by atoms with Crippen LogP contribution in [-0.4, -0.2) is 20.9 Å². The van der Waals surface area contributed by atoms with Gasteiger partial charge in [0.15, 0.2) is 0 Å². The number of halogens is 2. The molecule has 0 aliphatic carbocycles. The fourth-order valence-corrected chi connectivity index (χ4v) is 0.829. The molecule has 0 fully saturated rings. The van der Waals surface area contributed by atoms with Crippen molar-refractivity contribution in [3.63, 3.8) is 0 Å². The van der Waals surface area contributed by atoms with E-state index in [4.69, 9.17) is 10.4 Å². The molecule has 4 heteroatoms. The van der Waals surface area contributed by atoms with Crippen molar-refractivity contribution in [3.05, 3.63) is 0 Å². The minimum absolute atomic E-state index is 0.425. The second kappa shape index (κ2) is 3.55. The normalized spacial score (nSPS) is 19.9. The zero-order chi connectivity index (χ0) is 7.49. The number of alkyl halides is 2. The number of nitriles is 1. The van der Waals surface area contributed by atoms with E-state index in [9.17, 15) is 0 Å². The van der Waals surface area contributed by atoms with Crippen LogP contribution < -0.4 is 0 Å². The molecular weight excluding hydrogens is 250 g/mol. The van der Waals surface area contributed by atoms with Crippen LogP contribution in [0.1, 0.15) is 6.92 Å². The third-order valence-corrected chi connectivity index (χ3v) is 3.80. The summed E-state index contributed by atoms with van der Waals surface area (Å²) in [7, 11) is 0. The Balaban J connectivity index is 4.14. The van der Waals surface area contributed by atoms with Gasteiger partial charge in [0.05, 0.1) is 12.2 Å². The Bertz CT molecular complexity index is 131. The highest BCUT2D eigenvalue weighted by molar-refractivity contribution is 9.12. The van der Waals surface area contributed by atoms with Gasteiger partial charge in [0.1, 0.15) is 4.32 Å². The lowest BCUT2D eigenvalue weighted by Crippen LogP contribution is -2.33. The van der Waals surface area contributed by atoms with E-state index in [0.29, 0.717) is 5.33 Å². The number of hydrogen-bond acceptors (Lipinski definition) is 2. The molecule has 0 rings (SSSR count). The molecule has 0 amide bonds. The number of hydrogen-bond donors (Lipinski definition) is 1. The summed E-state index contributed by atoms with van der Waals surface area (Å²) in [4.78, 5) is 0. The molecule has 0 aromatic carbocycles. The van der Waals surface area contributed by atoms with Crippen molar-refractivity contribution in [2.24, 2.45) is 0 Å². The van der Waals surface area contributed by atoms with Gasteiger partial charge in [-0.3, -0.25) is 0 Å². The van der Waals surface area contributed by atoms with Gasteiger partial charge in [0, 0.05) is 5.33 Å². The van der Waals surface area contributed by atoms with E-state index in [0.717, 1.165) is 0 Å². The Morgan fingerprint density at radius 1 is 1.89 bits per heavy atom. The summed E-state index contributed by atoms with van der Waals surface area (Å²) in [6.07, 6.45) is -0.665. The fraction of sp³-hybridized carbons (Fsp3) is 0.800. The molecule has 0 spiro atoms. The Labute approximate surface area is 71.1 Å². The van der Waals surface area contributed by atoms with Crippen LogP contribution in [0.2, 0.25) is 0 Å². The average Bonchev–Trinajstić information content (AvgIpc) is 1.86. The lowest BCUT2D eigenvalue weighted by Gasteiger charge is -2.18. The highest BCUT2D eigenvalue weighted by atomic mass is 79.9. The first-order chi connectivity index (χ1) is 4.06.